The van der Waals surface area contributed by atoms with Crippen LogP contribution >= 0.6 is 0 Å². The molecule has 5 aromatic carbocycles. The summed E-state index contributed by atoms with van der Waals surface area (Å²) in [4.78, 5) is 11.6. The quantitative estimate of drug-likeness (QED) is 0.211. The van der Waals surface area contributed by atoms with Gasteiger partial charge in [0.15, 0.2) is 0 Å². The molecule has 0 aromatic heterocycles. The zero-order chi connectivity index (χ0) is 24.5. The molecule has 1 heteroatoms. The number of hydrogen-bond donors (Lipinski definition) is 0. The van der Waals surface area contributed by atoms with Crippen LogP contribution in [0.2, 0.25) is 0 Å². The summed E-state index contributed by atoms with van der Waals surface area (Å²) in [6.07, 6.45) is 3.25. The van der Waals surface area contributed by atoms with E-state index in [0.29, 0.717) is 11.7 Å². The van der Waals surface area contributed by atoms with Gasteiger partial charge in [-0.1, -0.05) is 118 Å². The molecule has 176 valence electrons. The van der Waals surface area contributed by atoms with E-state index >= 15 is 0 Å². The molecule has 2 saturated carbocycles. The van der Waals surface area contributed by atoms with E-state index in [9.17, 15) is 4.79 Å². The van der Waals surface area contributed by atoms with Crippen LogP contribution in [0, 0.1) is 16.7 Å². The van der Waals surface area contributed by atoms with Crippen LogP contribution < -0.4 is 0 Å². The first-order valence-corrected chi connectivity index (χ1v) is 12.7. The van der Waals surface area contributed by atoms with E-state index in [0.717, 1.165) is 12.8 Å². The monoisotopic (exact) mass is 458 g/mol. The van der Waals surface area contributed by atoms with Gasteiger partial charge in [-0.05, 0) is 68.6 Å². The normalized spacial score (nSPS) is 21.9. The molecule has 2 fully saturated rings. The van der Waals surface area contributed by atoms with E-state index in [2.05, 4.69) is 130 Å². The molecule has 0 amide bonds. The van der Waals surface area contributed by atoms with Crippen molar-refractivity contribution in [1.29, 1.82) is 0 Å². The van der Waals surface area contributed by atoms with E-state index in [1.165, 1.54) is 38.7 Å². The largest absolute Gasteiger partial charge is 0.299 e. The summed E-state index contributed by atoms with van der Waals surface area (Å²) in [5.74, 6) is 1.19. The first-order valence-electron chi connectivity index (χ1n) is 12.7. The second-order valence-electron chi connectivity index (χ2n) is 10.8. The van der Waals surface area contributed by atoms with E-state index in [1.54, 1.807) is 0 Å². The zero-order valence-corrected chi connectivity index (χ0v) is 21.0. The fourth-order valence-electron chi connectivity index (χ4n) is 5.92. The molecule has 0 heterocycles. The Labute approximate surface area is 208 Å². The second-order valence-corrected chi connectivity index (χ2v) is 10.8. The predicted octanol–water partition coefficient (Wildman–Crippen LogP) is 9.23. The Morgan fingerprint density at radius 1 is 0.571 bits per heavy atom. The third kappa shape index (κ3) is 4.36. The van der Waals surface area contributed by atoms with Gasteiger partial charge in [-0.2, -0.15) is 0 Å². The Kier molecular flexibility index (Phi) is 6.19. The van der Waals surface area contributed by atoms with Gasteiger partial charge in [0.2, 0.25) is 0 Å². The number of hydrogen-bond acceptors (Lipinski definition) is 1. The van der Waals surface area contributed by atoms with Crippen LogP contribution in [0.15, 0.2) is 109 Å². The van der Waals surface area contributed by atoms with E-state index in [1.807, 2.05) is 0 Å². The molecule has 0 spiro atoms. The molecule has 2 bridgehead atoms. The van der Waals surface area contributed by atoms with Crippen molar-refractivity contribution in [2.75, 3.05) is 0 Å². The maximum atomic E-state index is 11.6. The van der Waals surface area contributed by atoms with Gasteiger partial charge in [0, 0.05) is 11.8 Å². The van der Waals surface area contributed by atoms with Gasteiger partial charge < -0.3 is 0 Å². The Morgan fingerprint density at radius 3 is 1.14 bits per heavy atom. The SMILES string of the molecule is CC12CCC(CC1=O)C2(C)C.c1ccc2cc3ccccc3cc2c1.c1ccc2ccccc2c1. The maximum Gasteiger partial charge on any atom is 0.139 e. The highest BCUT2D eigenvalue weighted by Crippen LogP contribution is 2.63. The average molecular weight is 459 g/mol. The van der Waals surface area contributed by atoms with Crippen molar-refractivity contribution in [3.8, 4) is 0 Å². The van der Waals surface area contributed by atoms with Gasteiger partial charge >= 0.3 is 0 Å². The molecule has 0 radical (unpaired) electrons. The summed E-state index contributed by atoms with van der Waals surface area (Å²) in [6.45, 7) is 6.67. The fourth-order valence-corrected chi connectivity index (χ4v) is 5.92. The lowest BCUT2D eigenvalue weighted by molar-refractivity contribution is -0.128. The van der Waals surface area contributed by atoms with Gasteiger partial charge in [0.1, 0.15) is 5.78 Å². The number of carbonyl (C=O) groups excluding carboxylic acids is 1. The third-order valence-corrected chi connectivity index (χ3v) is 8.76. The van der Waals surface area contributed by atoms with Crippen molar-refractivity contribution < 1.29 is 4.79 Å². The molecule has 7 rings (SSSR count). The summed E-state index contributed by atoms with van der Waals surface area (Å²) in [7, 11) is 0. The highest BCUT2D eigenvalue weighted by molar-refractivity contribution is 5.98. The zero-order valence-electron chi connectivity index (χ0n) is 21.0. The smallest absolute Gasteiger partial charge is 0.139 e. The topological polar surface area (TPSA) is 17.1 Å². The van der Waals surface area contributed by atoms with Crippen molar-refractivity contribution in [2.24, 2.45) is 16.7 Å². The number of ketones is 1. The number of fused-ring (bicyclic) bond motifs is 5. The lowest BCUT2D eigenvalue weighted by atomic mass is 9.70. The molecule has 2 aliphatic rings. The fraction of sp³-hybridized carbons (Fsp3) is 0.265. The van der Waals surface area contributed by atoms with Gasteiger partial charge in [-0.3, -0.25) is 4.79 Å². The van der Waals surface area contributed by atoms with Crippen molar-refractivity contribution in [3.63, 3.8) is 0 Å². The molecule has 35 heavy (non-hydrogen) atoms. The first kappa shape index (κ1) is 23.3. The van der Waals surface area contributed by atoms with Crippen molar-refractivity contribution in [1.82, 2.24) is 0 Å². The van der Waals surface area contributed by atoms with Crippen LogP contribution in [0.3, 0.4) is 0 Å². The molecule has 1 nitrogen and oxygen atoms in total. The van der Waals surface area contributed by atoms with E-state index in [4.69, 9.17) is 0 Å². The van der Waals surface area contributed by atoms with Crippen LogP contribution in [0.1, 0.15) is 40.0 Å². The summed E-state index contributed by atoms with van der Waals surface area (Å²) < 4.78 is 0. The molecule has 2 atom stereocenters. The summed E-state index contributed by atoms with van der Waals surface area (Å²) in [6, 6.07) is 38.1. The summed E-state index contributed by atoms with van der Waals surface area (Å²) in [5.41, 5.74) is 0.307. The summed E-state index contributed by atoms with van der Waals surface area (Å²) >= 11 is 0. The average Bonchev–Trinajstić information content (AvgIpc) is 3.21. The van der Waals surface area contributed by atoms with Gasteiger partial charge in [0.05, 0.1) is 0 Å². The molecule has 0 N–H and O–H groups in total. The maximum absolute atomic E-state index is 11.6. The van der Waals surface area contributed by atoms with Crippen LogP contribution in [-0.4, -0.2) is 5.78 Å². The molecule has 2 unspecified atom stereocenters. The van der Waals surface area contributed by atoms with E-state index in [-0.39, 0.29) is 10.8 Å². The minimum atomic E-state index is 0.0255. The number of rotatable bonds is 0. The Hall–Kier alpha value is -3.45. The first-order chi connectivity index (χ1) is 16.9. The Balaban J connectivity index is 0.000000111. The van der Waals surface area contributed by atoms with Gasteiger partial charge in [-0.25, -0.2) is 0 Å². The number of carbonyl (C=O) groups is 1. The van der Waals surface area contributed by atoms with Crippen LogP contribution in [0.5, 0.6) is 0 Å². The third-order valence-electron chi connectivity index (χ3n) is 8.76. The molecule has 2 aliphatic carbocycles. The molecular formula is C34H34O. The number of benzene rings is 5. The highest BCUT2D eigenvalue weighted by atomic mass is 16.1. The van der Waals surface area contributed by atoms with Crippen molar-refractivity contribution in [3.05, 3.63) is 109 Å². The minimum absolute atomic E-state index is 0.0255. The van der Waals surface area contributed by atoms with E-state index < -0.39 is 0 Å². The van der Waals surface area contributed by atoms with Gasteiger partial charge in [0.25, 0.3) is 0 Å². The molecular weight excluding hydrogens is 424 g/mol. The van der Waals surface area contributed by atoms with Crippen LogP contribution in [0.25, 0.3) is 32.3 Å². The molecule has 0 aliphatic heterocycles. The Morgan fingerprint density at radius 2 is 0.914 bits per heavy atom. The van der Waals surface area contributed by atoms with Crippen molar-refractivity contribution in [2.45, 2.75) is 40.0 Å². The highest BCUT2D eigenvalue weighted by Gasteiger charge is 2.61. The number of Topliss-reactive ketones (excluding diaryl/α,β-unsaturated/α-hetero) is 1. The van der Waals surface area contributed by atoms with Crippen LogP contribution in [-0.2, 0) is 4.79 Å². The molecule has 5 aromatic rings. The summed E-state index contributed by atoms with van der Waals surface area (Å²) in [5, 5.41) is 7.87. The molecule has 0 saturated heterocycles. The standard InChI is InChI=1S/C14H10.C10H16O.C10H8/c1-2-6-12-10-14-8-4-3-7-13(14)9-11(12)5-1;1-9(2)7-4-5-10(9,3)8(11)6-7;1-2-6-10-8-4-3-7-9(10)5-1/h1-10H;7H,4-6H2,1-3H3;1-8H. The predicted molar refractivity (Wildman–Crippen MR) is 150 cm³/mol. The van der Waals surface area contributed by atoms with Crippen molar-refractivity contribution >= 4 is 38.1 Å². The van der Waals surface area contributed by atoms with Crippen LogP contribution in [0.4, 0.5) is 0 Å². The second kappa shape index (κ2) is 9.30. The lowest BCUT2D eigenvalue weighted by Crippen LogP contribution is -2.32. The Bertz CT molecular complexity index is 1320. The minimum Gasteiger partial charge on any atom is -0.299 e. The lowest BCUT2D eigenvalue weighted by Gasteiger charge is -2.32. The van der Waals surface area contributed by atoms with Gasteiger partial charge in [-0.15, -0.1) is 0 Å².